The molecule has 0 saturated carbocycles. The first-order chi connectivity index (χ1) is 16.0. The first kappa shape index (κ1) is 24.3. The summed E-state index contributed by atoms with van der Waals surface area (Å²) in [5, 5.41) is 8.97. The van der Waals surface area contributed by atoms with Gasteiger partial charge in [-0.1, -0.05) is 37.6 Å². The Hall–Kier alpha value is -1.80. The van der Waals surface area contributed by atoms with Gasteiger partial charge in [0.25, 0.3) is 0 Å². The summed E-state index contributed by atoms with van der Waals surface area (Å²) in [6, 6.07) is -0.542. The summed E-state index contributed by atoms with van der Waals surface area (Å²) < 4.78 is 4.74. The monoisotopic (exact) mass is 476 g/mol. The molecule has 2 amide bonds. The first-order valence-corrected chi connectivity index (χ1v) is 13.2. The lowest BCUT2D eigenvalue weighted by Crippen LogP contribution is -2.55. The highest BCUT2D eigenvalue weighted by molar-refractivity contribution is 8.02. The number of thioether (sulfide) groups is 1. The van der Waals surface area contributed by atoms with Gasteiger partial charge in [-0.05, 0) is 39.0 Å². The minimum Gasteiger partial charge on any atom is -0.465 e. The van der Waals surface area contributed by atoms with Gasteiger partial charge in [-0.15, -0.1) is 11.8 Å². The van der Waals surface area contributed by atoms with E-state index in [0.29, 0.717) is 32.5 Å². The molecule has 2 fully saturated rings. The standard InChI is InChI=1S/C25H36N2O5S/c1-3-10-17(2)26-14-9-12-25-20(19-18(33-25)11-5-8-16-32-24(19)31)22(29)27(21(25)23(26)30)13-6-4-7-15-28/h5,9,11-12,17-21,28H,3-4,6-8,10,13-16H2,1-2H3/t17?,18-,19+,20-,21?,25-/m0/s1. The van der Waals surface area contributed by atoms with Gasteiger partial charge in [-0.2, -0.15) is 0 Å². The number of amides is 2. The number of fused-ring (bicyclic) bond motifs is 2. The number of nitrogens with zero attached hydrogens (tertiary/aromatic N) is 2. The normalized spacial score (nSPS) is 34.3. The molecule has 2 saturated heterocycles. The zero-order chi connectivity index (χ0) is 23.6. The van der Waals surface area contributed by atoms with E-state index in [-0.39, 0.29) is 35.7 Å². The van der Waals surface area contributed by atoms with Gasteiger partial charge in [0, 0.05) is 31.0 Å². The van der Waals surface area contributed by atoms with Crippen LogP contribution < -0.4 is 0 Å². The quantitative estimate of drug-likeness (QED) is 0.329. The number of carbonyl (C=O) groups excluding carboxylic acids is 3. The lowest BCUT2D eigenvalue weighted by molar-refractivity contribution is -0.153. The van der Waals surface area contributed by atoms with E-state index in [1.54, 1.807) is 16.7 Å². The van der Waals surface area contributed by atoms with Gasteiger partial charge in [0.05, 0.1) is 23.2 Å². The number of ether oxygens (including phenoxy) is 1. The maximum atomic E-state index is 14.1. The van der Waals surface area contributed by atoms with Crippen LogP contribution in [0.1, 0.15) is 52.4 Å². The number of esters is 1. The molecule has 1 spiro atoms. The van der Waals surface area contributed by atoms with Crippen LogP contribution in [0, 0.1) is 11.8 Å². The second kappa shape index (κ2) is 10.2. The van der Waals surface area contributed by atoms with Crippen molar-refractivity contribution in [2.45, 2.75) is 74.5 Å². The van der Waals surface area contributed by atoms with E-state index in [2.05, 4.69) is 19.9 Å². The zero-order valence-corrected chi connectivity index (χ0v) is 20.5. The molecule has 4 aliphatic heterocycles. The predicted molar refractivity (Wildman–Crippen MR) is 127 cm³/mol. The van der Waals surface area contributed by atoms with Crippen LogP contribution in [-0.2, 0) is 19.1 Å². The number of aliphatic hydroxyl groups excluding tert-OH is 1. The second-order valence-corrected chi connectivity index (χ2v) is 11.1. The third kappa shape index (κ3) is 4.25. The Kier molecular flexibility index (Phi) is 7.53. The van der Waals surface area contributed by atoms with Crippen LogP contribution in [0.2, 0.25) is 0 Å². The van der Waals surface area contributed by atoms with Crippen LogP contribution in [0.3, 0.4) is 0 Å². The van der Waals surface area contributed by atoms with Gasteiger partial charge < -0.3 is 19.6 Å². The number of unbranched alkanes of at least 4 members (excludes halogenated alkanes) is 2. The van der Waals surface area contributed by atoms with E-state index >= 15 is 0 Å². The predicted octanol–water partition coefficient (Wildman–Crippen LogP) is 2.54. The Morgan fingerprint density at radius 2 is 2.03 bits per heavy atom. The Morgan fingerprint density at radius 1 is 1.21 bits per heavy atom. The minimum absolute atomic E-state index is 0.0157. The van der Waals surface area contributed by atoms with Gasteiger partial charge in [0.15, 0.2) is 0 Å². The molecule has 0 aromatic rings. The van der Waals surface area contributed by atoms with E-state index in [9.17, 15) is 14.4 Å². The number of aliphatic hydroxyl groups is 1. The molecule has 0 aromatic carbocycles. The Bertz CT molecular complexity index is 830. The molecule has 6 atom stereocenters. The second-order valence-electron chi connectivity index (χ2n) is 9.57. The lowest BCUT2D eigenvalue weighted by atomic mass is 9.78. The van der Waals surface area contributed by atoms with Crippen LogP contribution in [0.4, 0.5) is 0 Å². The van der Waals surface area contributed by atoms with E-state index < -0.39 is 22.6 Å². The van der Waals surface area contributed by atoms with Gasteiger partial charge in [-0.25, -0.2) is 0 Å². The highest BCUT2D eigenvalue weighted by Gasteiger charge is 2.70. The smallest absolute Gasteiger partial charge is 0.311 e. The average molecular weight is 477 g/mol. The molecule has 0 aromatic heterocycles. The highest BCUT2D eigenvalue weighted by atomic mass is 32.2. The molecule has 1 N–H and O–H groups in total. The minimum atomic E-state index is -0.769. The summed E-state index contributed by atoms with van der Waals surface area (Å²) in [7, 11) is 0. The van der Waals surface area contributed by atoms with E-state index in [4.69, 9.17) is 9.84 Å². The van der Waals surface area contributed by atoms with E-state index in [1.165, 1.54) is 0 Å². The summed E-state index contributed by atoms with van der Waals surface area (Å²) in [6.45, 7) is 5.60. The molecule has 182 valence electrons. The molecule has 2 unspecified atom stereocenters. The van der Waals surface area contributed by atoms with Crippen molar-refractivity contribution >= 4 is 29.5 Å². The van der Waals surface area contributed by atoms with Crippen LogP contribution in [0.25, 0.3) is 0 Å². The van der Waals surface area contributed by atoms with Crippen molar-refractivity contribution in [3.05, 3.63) is 24.3 Å². The fraction of sp³-hybridized carbons (Fsp3) is 0.720. The van der Waals surface area contributed by atoms with E-state index in [0.717, 1.165) is 25.7 Å². The maximum Gasteiger partial charge on any atom is 0.311 e. The molecule has 0 bridgehead atoms. The molecule has 4 rings (SSSR count). The fourth-order valence-corrected chi connectivity index (χ4v) is 7.91. The van der Waals surface area contributed by atoms with Crippen molar-refractivity contribution in [2.75, 3.05) is 26.3 Å². The van der Waals surface area contributed by atoms with Crippen LogP contribution in [0.15, 0.2) is 24.3 Å². The van der Waals surface area contributed by atoms with Gasteiger partial charge >= 0.3 is 5.97 Å². The van der Waals surface area contributed by atoms with Crippen molar-refractivity contribution in [2.24, 2.45) is 11.8 Å². The summed E-state index contributed by atoms with van der Waals surface area (Å²) in [5.74, 6) is -1.64. The van der Waals surface area contributed by atoms with Gasteiger partial charge in [0.1, 0.15) is 6.04 Å². The van der Waals surface area contributed by atoms with Crippen molar-refractivity contribution in [3.8, 4) is 0 Å². The number of rotatable bonds is 8. The number of hydrogen-bond acceptors (Lipinski definition) is 6. The largest absolute Gasteiger partial charge is 0.465 e. The fourth-order valence-electron chi connectivity index (χ4n) is 5.91. The topological polar surface area (TPSA) is 87.2 Å². The number of likely N-dealkylation sites (tertiary alicyclic amines) is 1. The Morgan fingerprint density at radius 3 is 2.79 bits per heavy atom. The molecular formula is C25H36N2O5S. The molecule has 33 heavy (non-hydrogen) atoms. The molecule has 0 radical (unpaired) electrons. The summed E-state index contributed by atoms with van der Waals surface area (Å²) in [4.78, 5) is 44.7. The molecule has 0 aliphatic carbocycles. The summed E-state index contributed by atoms with van der Waals surface area (Å²) >= 11 is 1.59. The molecule has 4 aliphatic rings. The van der Waals surface area contributed by atoms with Crippen LogP contribution in [-0.4, -0.2) is 81.1 Å². The van der Waals surface area contributed by atoms with Crippen molar-refractivity contribution in [1.82, 2.24) is 9.80 Å². The lowest BCUT2D eigenvalue weighted by Gasteiger charge is -2.37. The van der Waals surface area contributed by atoms with Crippen molar-refractivity contribution < 1.29 is 24.2 Å². The molecular weight excluding hydrogens is 440 g/mol. The van der Waals surface area contributed by atoms with E-state index in [1.807, 2.05) is 23.1 Å². The first-order valence-electron chi connectivity index (χ1n) is 12.4. The van der Waals surface area contributed by atoms with Crippen molar-refractivity contribution in [3.63, 3.8) is 0 Å². The molecule has 7 nitrogen and oxygen atoms in total. The van der Waals surface area contributed by atoms with Crippen LogP contribution in [0.5, 0.6) is 0 Å². The van der Waals surface area contributed by atoms with Gasteiger partial charge in [-0.3, -0.25) is 14.4 Å². The summed E-state index contributed by atoms with van der Waals surface area (Å²) in [6.07, 6.45) is 12.9. The maximum absolute atomic E-state index is 14.1. The number of cyclic esters (lactones) is 1. The average Bonchev–Trinajstić information content (AvgIpc) is 3.15. The summed E-state index contributed by atoms with van der Waals surface area (Å²) in [5.41, 5.74) is 0. The SMILES string of the molecule is CCCC(C)N1CC=C[C@]23S[C@H]4C=CCCOC(=O)[C@H]4[C@H]2C(=O)N(CCCCCO)C3C1=O. The van der Waals surface area contributed by atoms with Crippen LogP contribution >= 0.6 is 11.8 Å². The molecule has 8 heteroatoms. The highest BCUT2D eigenvalue weighted by Crippen LogP contribution is 2.60. The van der Waals surface area contributed by atoms with Gasteiger partial charge in [0.2, 0.25) is 11.8 Å². The third-order valence-corrected chi connectivity index (χ3v) is 9.19. The van der Waals surface area contributed by atoms with Crippen molar-refractivity contribution in [1.29, 1.82) is 0 Å². The Balaban J connectivity index is 1.73. The Labute approximate surface area is 200 Å². The number of hydrogen-bond donors (Lipinski definition) is 1. The zero-order valence-electron chi connectivity index (χ0n) is 19.7. The number of carbonyl (C=O) groups is 3. The molecule has 4 heterocycles. The third-order valence-electron chi connectivity index (χ3n) is 7.45.